The summed E-state index contributed by atoms with van der Waals surface area (Å²) in [5, 5.41) is 2.93. The van der Waals surface area contributed by atoms with Crippen LogP contribution in [-0.4, -0.2) is 17.6 Å². The molecule has 2 fully saturated rings. The minimum atomic E-state index is -0.0365. The van der Waals surface area contributed by atoms with Crippen molar-refractivity contribution in [2.75, 3.05) is 16.0 Å². The lowest BCUT2D eigenvalue weighted by Gasteiger charge is -2.27. The lowest BCUT2D eigenvalue weighted by Crippen LogP contribution is -2.29. The van der Waals surface area contributed by atoms with E-state index in [1.165, 1.54) is 5.56 Å². The van der Waals surface area contributed by atoms with Crippen LogP contribution in [0.2, 0.25) is 0 Å². The summed E-state index contributed by atoms with van der Waals surface area (Å²) in [7, 11) is 0. The summed E-state index contributed by atoms with van der Waals surface area (Å²) in [5.41, 5.74) is 4.08. The molecule has 1 aliphatic heterocycles. The molecule has 0 spiro atoms. The van der Waals surface area contributed by atoms with Gasteiger partial charge in [0.2, 0.25) is 11.8 Å². The molecule has 0 unspecified atom stereocenters. The minimum Gasteiger partial charge on any atom is -0.326 e. The summed E-state index contributed by atoms with van der Waals surface area (Å²) in [6, 6.07) is 16.1. The van der Waals surface area contributed by atoms with Gasteiger partial charge in [-0.1, -0.05) is 44.2 Å². The lowest BCUT2D eigenvalue weighted by atomic mass is 10.00. The number of hydrogen-bond donors (Lipinski definition) is 1. The fraction of sp³-hybridized carbons (Fsp3) is 0.364. The molecule has 2 aromatic carbocycles. The SMILES string of the molecule is CC(C)c1ccccc1N1C(=O)CS[C@@H]1c1ccc(NC(=O)C2CC2)cc1. The van der Waals surface area contributed by atoms with Crippen molar-refractivity contribution in [2.24, 2.45) is 5.92 Å². The van der Waals surface area contributed by atoms with Gasteiger partial charge in [-0.05, 0) is 48.1 Å². The van der Waals surface area contributed by atoms with Crippen molar-refractivity contribution < 1.29 is 9.59 Å². The summed E-state index contributed by atoms with van der Waals surface area (Å²) >= 11 is 1.65. The standard InChI is InChI=1S/C22H24N2O2S/c1-14(2)18-5-3-4-6-19(18)24-20(25)13-27-22(24)16-9-11-17(12-10-16)23-21(26)15-7-8-15/h3-6,9-12,14-15,22H,7-8,13H2,1-2H3,(H,23,26)/t22-/m1/s1. The van der Waals surface area contributed by atoms with Crippen LogP contribution >= 0.6 is 11.8 Å². The first-order chi connectivity index (χ1) is 13.0. The second-order valence-electron chi connectivity index (χ2n) is 7.53. The van der Waals surface area contributed by atoms with Crippen LogP contribution in [-0.2, 0) is 9.59 Å². The van der Waals surface area contributed by atoms with Crippen molar-refractivity contribution in [2.45, 2.75) is 38.0 Å². The van der Waals surface area contributed by atoms with Gasteiger partial charge in [-0.3, -0.25) is 14.5 Å². The maximum absolute atomic E-state index is 12.7. The molecular formula is C22H24N2O2S. The topological polar surface area (TPSA) is 49.4 Å². The Morgan fingerprint density at radius 2 is 1.81 bits per heavy atom. The largest absolute Gasteiger partial charge is 0.326 e. The highest BCUT2D eigenvalue weighted by Gasteiger charge is 2.35. The fourth-order valence-corrected chi connectivity index (χ4v) is 4.62. The number of hydrogen-bond acceptors (Lipinski definition) is 3. The lowest BCUT2D eigenvalue weighted by molar-refractivity contribution is -0.117. The third kappa shape index (κ3) is 3.74. The zero-order chi connectivity index (χ0) is 19.0. The van der Waals surface area contributed by atoms with Crippen molar-refractivity contribution in [3.05, 3.63) is 59.7 Å². The Balaban J connectivity index is 1.59. The predicted octanol–water partition coefficient (Wildman–Crippen LogP) is 4.94. The van der Waals surface area contributed by atoms with Gasteiger partial charge in [0.1, 0.15) is 5.37 Å². The number of rotatable bonds is 5. The highest BCUT2D eigenvalue weighted by Crippen LogP contribution is 2.44. The maximum Gasteiger partial charge on any atom is 0.238 e. The van der Waals surface area contributed by atoms with Crippen LogP contribution in [0.3, 0.4) is 0 Å². The Bertz CT molecular complexity index is 859. The second kappa shape index (κ2) is 7.39. The number of carbonyl (C=O) groups excluding carboxylic acids is 2. The van der Waals surface area contributed by atoms with E-state index in [0.717, 1.165) is 29.8 Å². The number of nitrogens with one attached hydrogen (secondary N) is 1. The molecule has 1 saturated heterocycles. The van der Waals surface area contributed by atoms with Crippen molar-refractivity contribution >= 4 is 35.0 Å². The zero-order valence-corrected chi connectivity index (χ0v) is 16.5. The first-order valence-corrected chi connectivity index (χ1v) is 10.5. The molecule has 1 saturated carbocycles. The Kier molecular flexibility index (Phi) is 4.96. The molecule has 0 bridgehead atoms. The molecule has 0 aromatic heterocycles. The number of anilines is 2. The fourth-order valence-electron chi connectivity index (χ4n) is 3.45. The summed E-state index contributed by atoms with van der Waals surface area (Å²) < 4.78 is 0. The first-order valence-electron chi connectivity index (χ1n) is 9.48. The molecular weight excluding hydrogens is 356 g/mol. The first kappa shape index (κ1) is 18.1. The molecule has 0 radical (unpaired) electrons. The quantitative estimate of drug-likeness (QED) is 0.799. The smallest absolute Gasteiger partial charge is 0.238 e. The molecule has 1 aliphatic carbocycles. The maximum atomic E-state index is 12.7. The van der Waals surface area contributed by atoms with Gasteiger partial charge in [-0.25, -0.2) is 0 Å². The van der Waals surface area contributed by atoms with Gasteiger partial charge in [-0.2, -0.15) is 0 Å². The van der Waals surface area contributed by atoms with Crippen molar-refractivity contribution in [1.29, 1.82) is 0 Å². The molecule has 1 atom stereocenters. The molecule has 1 heterocycles. The van der Waals surface area contributed by atoms with E-state index in [1.807, 2.05) is 47.4 Å². The number of benzene rings is 2. The molecule has 4 rings (SSSR count). The van der Waals surface area contributed by atoms with Gasteiger partial charge in [-0.15, -0.1) is 11.8 Å². The van der Waals surface area contributed by atoms with E-state index in [-0.39, 0.29) is 23.1 Å². The minimum absolute atomic E-state index is 0.0365. The molecule has 5 heteroatoms. The van der Waals surface area contributed by atoms with E-state index < -0.39 is 0 Å². The summed E-state index contributed by atoms with van der Waals surface area (Å²) in [4.78, 5) is 26.5. The van der Waals surface area contributed by atoms with Crippen molar-refractivity contribution in [1.82, 2.24) is 0 Å². The van der Waals surface area contributed by atoms with Crippen LogP contribution in [0.5, 0.6) is 0 Å². The normalized spacial score (nSPS) is 19.6. The highest BCUT2D eigenvalue weighted by atomic mass is 32.2. The molecule has 27 heavy (non-hydrogen) atoms. The third-order valence-corrected chi connectivity index (χ3v) is 6.31. The number of amides is 2. The van der Waals surface area contributed by atoms with Crippen LogP contribution in [0, 0.1) is 5.92 Å². The van der Waals surface area contributed by atoms with Crippen LogP contribution in [0.4, 0.5) is 11.4 Å². The molecule has 2 aromatic rings. The number of thioether (sulfide) groups is 1. The van der Waals surface area contributed by atoms with Crippen LogP contribution < -0.4 is 10.2 Å². The summed E-state index contributed by atoms with van der Waals surface area (Å²) in [6.45, 7) is 4.30. The van der Waals surface area contributed by atoms with Gasteiger partial charge < -0.3 is 5.32 Å². The van der Waals surface area contributed by atoms with Crippen molar-refractivity contribution in [3.63, 3.8) is 0 Å². The van der Waals surface area contributed by atoms with Crippen LogP contribution in [0.15, 0.2) is 48.5 Å². The van der Waals surface area contributed by atoms with Gasteiger partial charge in [0.25, 0.3) is 0 Å². The molecule has 2 aliphatic rings. The van der Waals surface area contributed by atoms with Gasteiger partial charge in [0, 0.05) is 17.3 Å². The Labute approximate surface area is 164 Å². The number of carbonyl (C=O) groups is 2. The van der Waals surface area contributed by atoms with E-state index in [1.54, 1.807) is 11.8 Å². The number of para-hydroxylation sites is 1. The van der Waals surface area contributed by atoms with Crippen LogP contribution in [0.1, 0.15) is 49.1 Å². The monoisotopic (exact) mass is 380 g/mol. The predicted molar refractivity (Wildman–Crippen MR) is 111 cm³/mol. The molecule has 4 nitrogen and oxygen atoms in total. The van der Waals surface area contributed by atoms with Crippen LogP contribution in [0.25, 0.3) is 0 Å². The average Bonchev–Trinajstić information content (AvgIpc) is 3.45. The van der Waals surface area contributed by atoms with E-state index >= 15 is 0 Å². The Morgan fingerprint density at radius 3 is 2.48 bits per heavy atom. The Morgan fingerprint density at radius 1 is 1.11 bits per heavy atom. The number of nitrogens with zero attached hydrogens (tertiary/aromatic N) is 1. The summed E-state index contributed by atoms with van der Waals surface area (Å²) in [6.07, 6.45) is 1.99. The van der Waals surface area contributed by atoms with E-state index in [4.69, 9.17) is 0 Å². The third-order valence-electron chi connectivity index (χ3n) is 5.10. The summed E-state index contributed by atoms with van der Waals surface area (Å²) in [5.74, 6) is 1.28. The van der Waals surface area contributed by atoms with Crippen molar-refractivity contribution in [3.8, 4) is 0 Å². The molecule has 2 amide bonds. The molecule has 140 valence electrons. The average molecular weight is 381 g/mol. The molecule has 1 N–H and O–H groups in total. The zero-order valence-electron chi connectivity index (χ0n) is 15.6. The van der Waals surface area contributed by atoms with E-state index in [9.17, 15) is 9.59 Å². The van der Waals surface area contributed by atoms with Gasteiger partial charge in [0.05, 0.1) is 5.75 Å². The van der Waals surface area contributed by atoms with Gasteiger partial charge in [0.15, 0.2) is 0 Å². The highest BCUT2D eigenvalue weighted by molar-refractivity contribution is 8.00. The van der Waals surface area contributed by atoms with Gasteiger partial charge >= 0.3 is 0 Å². The second-order valence-corrected chi connectivity index (χ2v) is 8.59. The van der Waals surface area contributed by atoms with E-state index in [0.29, 0.717) is 11.7 Å². The van der Waals surface area contributed by atoms with E-state index in [2.05, 4.69) is 25.2 Å². The Hall–Kier alpha value is -2.27.